The fraction of sp³-hybridized carbons (Fsp3) is 0.424. The minimum atomic E-state index is -0.712. The number of nitrogens with zero attached hydrogens (tertiary/aromatic N) is 1. The van der Waals surface area contributed by atoms with Gasteiger partial charge in [-0.1, -0.05) is 60.1 Å². The maximum atomic E-state index is 13.9. The highest BCUT2D eigenvalue weighted by Crippen LogP contribution is 2.31. The Balaban J connectivity index is 1.30. The SMILES string of the molecule is COCCCc1cccc(CN(C(=O)C(CN)Cc2ccc(CCCOc3c(F)ccc(F)c3Cl)cc2)C2CC2)c1. The lowest BCUT2D eigenvalue weighted by molar-refractivity contribution is -0.136. The number of ether oxygens (including phenoxy) is 2. The third kappa shape index (κ3) is 8.99. The second kappa shape index (κ2) is 15.3. The summed E-state index contributed by atoms with van der Waals surface area (Å²) in [7, 11) is 1.72. The number of nitrogens with two attached hydrogens (primary N) is 1. The molecule has 0 aromatic heterocycles. The fourth-order valence-electron chi connectivity index (χ4n) is 5.00. The van der Waals surface area contributed by atoms with E-state index in [1.807, 2.05) is 29.2 Å². The van der Waals surface area contributed by atoms with Gasteiger partial charge in [0.05, 0.1) is 12.5 Å². The molecule has 0 heterocycles. The first-order valence-electron chi connectivity index (χ1n) is 14.3. The van der Waals surface area contributed by atoms with Gasteiger partial charge in [0.15, 0.2) is 11.6 Å². The van der Waals surface area contributed by atoms with Crippen molar-refractivity contribution in [3.05, 3.63) is 99.6 Å². The first-order valence-corrected chi connectivity index (χ1v) is 14.7. The van der Waals surface area contributed by atoms with Crippen LogP contribution in [0.4, 0.5) is 8.78 Å². The number of benzene rings is 3. The average Bonchev–Trinajstić information content (AvgIpc) is 3.82. The standard InChI is InChI=1S/C33H39ClF2N2O3/c1-40-17-3-8-24-5-2-6-26(19-24)22-38(28-13-14-28)33(39)27(21-37)20-25-11-9-23(10-12-25)7-4-18-41-32-30(36)16-15-29(35)31(32)34/h2,5-6,9-12,15-16,19,27-28H,3-4,7-8,13-14,17-18,20-22,37H2,1H3. The summed E-state index contributed by atoms with van der Waals surface area (Å²) < 4.78 is 38.0. The van der Waals surface area contributed by atoms with Gasteiger partial charge < -0.3 is 20.1 Å². The van der Waals surface area contributed by atoms with E-state index in [2.05, 4.69) is 24.3 Å². The van der Waals surface area contributed by atoms with E-state index in [4.69, 9.17) is 26.8 Å². The minimum absolute atomic E-state index is 0.115. The normalized spacial score (nSPS) is 13.7. The Labute approximate surface area is 246 Å². The summed E-state index contributed by atoms with van der Waals surface area (Å²) in [6, 6.07) is 18.8. The monoisotopic (exact) mass is 584 g/mol. The summed E-state index contributed by atoms with van der Waals surface area (Å²) in [6.45, 7) is 1.83. The number of aryl methyl sites for hydroxylation is 2. The second-order valence-electron chi connectivity index (χ2n) is 10.7. The quantitative estimate of drug-likeness (QED) is 0.154. The molecule has 1 aliphatic rings. The van der Waals surface area contributed by atoms with E-state index >= 15 is 0 Å². The number of carbonyl (C=O) groups excluding carboxylic acids is 1. The van der Waals surface area contributed by atoms with Crippen LogP contribution in [0.2, 0.25) is 5.02 Å². The lowest BCUT2D eigenvalue weighted by Crippen LogP contribution is -2.41. The van der Waals surface area contributed by atoms with Gasteiger partial charge in [0, 0.05) is 32.8 Å². The van der Waals surface area contributed by atoms with Gasteiger partial charge in [0.25, 0.3) is 0 Å². The fourth-order valence-corrected chi connectivity index (χ4v) is 5.21. The first-order chi connectivity index (χ1) is 19.9. The van der Waals surface area contributed by atoms with Crippen molar-refractivity contribution in [1.29, 1.82) is 0 Å². The molecule has 1 aliphatic carbocycles. The topological polar surface area (TPSA) is 64.8 Å². The summed E-state index contributed by atoms with van der Waals surface area (Å²) in [4.78, 5) is 15.7. The highest BCUT2D eigenvalue weighted by molar-refractivity contribution is 6.32. The Morgan fingerprint density at radius 2 is 1.61 bits per heavy atom. The van der Waals surface area contributed by atoms with Gasteiger partial charge in [-0.05, 0) is 79.3 Å². The Bertz CT molecular complexity index is 1280. The number of carbonyl (C=O) groups is 1. The molecule has 0 spiro atoms. The molecule has 0 bridgehead atoms. The van der Waals surface area contributed by atoms with Crippen LogP contribution in [0.3, 0.4) is 0 Å². The molecule has 5 nitrogen and oxygen atoms in total. The number of methoxy groups -OCH3 is 1. The minimum Gasteiger partial charge on any atom is -0.489 e. The Morgan fingerprint density at radius 1 is 0.951 bits per heavy atom. The molecular formula is C33H39ClF2N2O3. The summed E-state index contributed by atoms with van der Waals surface area (Å²) in [5.74, 6) is -1.82. The third-order valence-electron chi connectivity index (χ3n) is 7.43. The first kappa shape index (κ1) is 30.9. The van der Waals surface area contributed by atoms with E-state index in [-0.39, 0.29) is 41.8 Å². The number of hydrogen-bond acceptors (Lipinski definition) is 4. The van der Waals surface area contributed by atoms with Gasteiger partial charge in [0.1, 0.15) is 10.8 Å². The number of hydrogen-bond donors (Lipinski definition) is 1. The average molecular weight is 585 g/mol. The van der Waals surface area contributed by atoms with E-state index in [9.17, 15) is 13.6 Å². The summed E-state index contributed by atoms with van der Waals surface area (Å²) in [5, 5.41) is -0.343. The highest BCUT2D eigenvalue weighted by Gasteiger charge is 2.35. The van der Waals surface area contributed by atoms with Crippen molar-refractivity contribution < 1.29 is 23.0 Å². The molecule has 1 unspecified atom stereocenters. The van der Waals surface area contributed by atoms with Crippen LogP contribution in [0.25, 0.3) is 0 Å². The third-order valence-corrected chi connectivity index (χ3v) is 7.78. The zero-order valence-corrected chi connectivity index (χ0v) is 24.3. The lowest BCUT2D eigenvalue weighted by Gasteiger charge is -2.27. The molecule has 0 aliphatic heterocycles. The van der Waals surface area contributed by atoms with Crippen molar-refractivity contribution >= 4 is 17.5 Å². The van der Waals surface area contributed by atoms with Gasteiger partial charge in [-0.2, -0.15) is 0 Å². The van der Waals surface area contributed by atoms with Crippen LogP contribution < -0.4 is 10.5 Å². The summed E-state index contributed by atoms with van der Waals surface area (Å²) in [5.41, 5.74) is 10.7. The van der Waals surface area contributed by atoms with Crippen molar-refractivity contribution in [1.82, 2.24) is 4.90 Å². The van der Waals surface area contributed by atoms with Gasteiger partial charge >= 0.3 is 0 Å². The van der Waals surface area contributed by atoms with Crippen LogP contribution in [-0.4, -0.2) is 43.7 Å². The van der Waals surface area contributed by atoms with Crippen LogP contribution in [0, 0.1) is 17.6 Å². The molecule has 8 heteroatoms. The van der Waals surface area contributed by atoms with Gasteiger partial charge in [0.2, 0.25) is 5.91 Å². The van der Waals surface area contributed by atoms with Crippen molar-refractivity contribution in [2.45, 2.75) is 57.5 Å². The van der Waals surface area contributed by atoms with Crippen LogP contribution in [0.15, 0.2) is 60.7 Å². The van der Waals surface area contributed by atoms with Crippen LogP contribution >= 0.6 is 11.6 Å². The highest BCUT2D eigenvalue weighted by atomic mass is 35.5. The summed E-state index contributed by atoms with van der Waals surface area (Å²) >= 11 is 5.82. The van der Waals surface area contributed by atoms with E-state index in [0.29, 0.717) is 25.8 Å². The molecule has 3 aromatic rings. The Kier molecular flexibility index (Phi) is 11.5. The molecule has 220 valence electrons. The number of rotatable bonds is 16. The molecule has 1 fully saturated rings. The predicted molar refractivity (Wildman–Crippen MR) is 158 cm³/mol. The molecule has 41 heavy (non-hydrogen) atoms. The zero-order valence-electron chi connectivity index (χ0n) is 23.6. The maximum Gasteiger partial charge on any atom is 0.227 e. The van der Waals surface area contributed by atoms with Crippen molar-refractivity contribution in [3.63, 3.8) is 0 Å². The largest absolute Gasteiger partial charge is 0.489 e. The van der Waals surface area contributed by atoms with Crippen LogP contribution in [0.5, 0.6) is 5.75 Å². The zero-order chi connectivity index (χ0) is 29.2. The van der Waals surface area contributed by atoms with Crippen molar-refractivity contribution in [2.24, 2.45) is 11.7 Å². The lowest BCUT2D eigenvalue weighted by atomic mass is 9.96. The predicted octanol–water partition coefficient (Wildman–Crippen LogP) is 6.52. The van der Waals surface area contributed by atoms with E-state index in [1.54, 1.807) is 7.11 Å². The van der Waals surface area contributed by atoms with E-state index in [0.717, 1.165) is 61.1 Å². The smallest absolute Gasteiger partial charge is 0.227 e. The molecule has 1 atom stereocenters. The maximum absolute atomic E-state index is 13.9. The molecule has 0 radical (unpaired) electrons. The van der Waals surface area contributed by atoms with Crippen LogP contribution in [-0.2, 0) is 35.3 Å². The van der Waals surface area contributed by atoms with E-state index in [1.165, 1.54) is 5.56 Å². The molecule has 1 amide bonds. The van der Waals surface area contributed by atoms with Crippen molar-refractivity contribution in [2.75, 3.05) is 26.9 Å². The summed E-state index contributed by atoms with van der Waals surface area (Å²) in [6.07, 6.45) is 5.88. The molecule has 2 N–H and O–H groups in total. The molecular weight excluding hydrogens is 546 g/mol. The molecule has 1 saturated carbocycles. The number of halogens is 3. The molecule has 4 rings (SSSR count). The number of amides is 1. The van der Waals surface area contributed by atoms with Gasteiger partial charge in [-0.15, -0.1) is 0 Å². The molecule has 0 saturated heterocycles. The van der Waals surface area contributed by atoms with Gasteiger partial charge in [-0.3, -0.25) is 4.79 Å². The van der Waals surface area contributed by atoms with E-state index < -0.39 is 11.6 Å². The van der Waals surface area contributed by atoms with Crippen LogP contribution in [0.1, 0.15) is 47.9 Å². The van der Waals surface area contributed by atoms with Crippen molar-refractivity contribution in [3.8, 4) is 5.75 Å². The second-order valence-corrected chi connectivity index (χ2v) is 11.1. The molecule has 3 aromatic carbocycles. The van der Waals surface area contributed by atoms with Gasteiger partial charge in [-0.25, -0.2) is 8.78 Å². The Hall–Kier alpha value is -3.00. The Morgan fingerprint density at radius 3 is 2.32 bits per heavy atom.